The summed E-state index contributed by atoms with van der Waals surface area (Å²) in [6.07, 6.45) is 0.759. The molecule has 0 aliphatic carbocycles. The minimum absolute atomic E-state index is 0.0972. The predicted octanol–water partition coefficient (Wildman–Crippen LogP) is 4.28. The van der Waals surface area contributed by atoms with Crippen LogP contribution in [0.1, 0.15) is 26.3 Å². The molecule has 1 aliphatic rings. The Kier molecular flexibility index (Phi) is 6.92. The fourth-order valence-electron chi connectivity index (χ4n) is 3.20. The highest BCUT2D eigenvalue weighted by Crippen LogP contribution is 2.34. The normalized spacial score (nSPS) is 13.7. The molecule has 1 aliphatic heterocycles. The van der Waals surface area contributed by atoms with Crippen LogP contribution in [-0.4, -0.2) is 53.5 Å². The van der Waals surface area contributed by atoms with E-state index in [1.165, 1.54) is 11.9 Å². The van der Waals surface area contributed by atoms with Crippen molar-refractivity contribution < 1.29 is 23.1 Å². The molecular formula is C22H26F2N4O3S. The second-order valence-electron chi connectivity index (χ2n) is 8.50. The van der Waals surface area contributed by atoms with Crippen molar-refractivity contribution >= 4 is 35.1 Å². The lowest BCUT2D eigenvalue weighted by Gasteiger charge is -2.32. The van der Waals surface area contributed by atoms with Crippen molar-refractivity contribution in [2.75, 3.05) is 30.2 Å². The Bertz CT molecular complexity index is 1010. The van der Waals surface area contributed by atoms with Crippen molar-refractivity contribution in [3.05, 3.63) is 47.7 Å². The number of carbonyl (C=O) groups is 2. The highest BCUT2D eigenvalue weighted by Gasteiger charge is 2.33. The first-order chi connectivity index (χ1) is 14.9. The zero-order valence-corrected chi connectivity index (χ0v) is 19.4. The number of rotatable bonds is 5. The van der Waals surface area contributed by atoms with Gasteiger partial charge in [-0.1, -0.05) is 11.8 Å². The summed E-state index contributed by atoms with van der Waals surface area (Å²) < 4.78 is 32.9. The number of pyridine rings is 1. The molecule has 0 saturated carbocycles. The minimum atomic E-state index is -1.06. The molecule has 1 N–H and O–H groups in total. The summed E-state index contributed by atoms with van der Waals surface area (Å²) in [7, 11) is 3.00. The average Bonchev–Trinajstić information content (AvgIpc) is 3.16. The van der Waals surface area contributed by atoms with Gasteiger partial charge in [0, 0.05) is 26.6 Å². The van der Waals surface area contributed by atoms with E-state index in [0.29, 0.717) is 11.6 Å². The number of hydrogen-bond donors (Lipinski definition) is 1. The number of nitrogens with zero attached hydrogens (tertiary/aromatic N) is 3. The highest BCUT2D eigenvalue weighted by molar-refractivity contribution is 7.99. The fourth-order valence-corrected chi connectivity index (χ4v) is 3.98. The summed E-state index contributed by atoms with van der Waals surface area (Å²) >= 11 is 1.56. The molecule has 1 atom stereocenters. The van der Waals surface area contributed by atoms with Crippen LogP contribution >= 0.6 is 11.8 Å². The summed E-state index contributed by atoms with van der Waals surface area (Å²) in [6, 6.07) is 3.78. The predicted molar refractivity (Wildman–Crippen MR) is 120 cm³/mol. The van der Waals surface area contributed by atoms with Crippen LogP contribution in [0.5, 0.6) is 0 Å². The Morgan fingerprint density at radius 2 is 1.84 bits per heavy atom. The second-order valence-corrected chi connectivity index (χ2v) is 9.46. The van der Waals surface area contributed by atoms with Gasteiger partial charge in [-0.2, -0.15) is 0 Å². The van der Waals surface area contributed by atoms with Crippen LogP contribution < -0.4 is 10.2 Å². The quantitative estimate of drug-likeness (QED) is 0.712. The van der Waals surface area contributed by atoms with Gasteiger partial charge in [-0.3, -0.25) is 9.69 Å². The highest BCUT2D eigenvalue weighted by atomic mass is 32.2. The van der Waals surface area contributed by atoms with Gasteiger partial charge in [-0.25, -0.2) is 18.6 Å². The number of halogens is 2. The largest absolute Gasteiger partial charge is 0.444 e. The molecule has 0 bridgehead atoms. The minimum Gasteiger partial charge on any atom is -0.444 e. The molecule has 3 rings (SSSR count). The van der Waals surface area contributed by atoms with E-state index in [1.54, 1.807) is 51.8 Å². The molecule has 2 heterocycles. The van der Waals surface area contributed by atoms with E-state index in [0.717, 1.165) is 33.8 Å². The third kappa shape index (κ3) is 5.67. The van der Waals surface area contributed by atoms with E-state index in [9.17, 15) is 18.4 Å². The van der Waals surface area contributed by atoms with E-state index < -0.39 is 35.3 Å². The number of nitrogens with one attached hydrogen (secondary N) is 1. The molecule has 0 saturated heterocycles. The number of amides is 2. The first-order valence-electron chi connectivity index (χ1n) is 9.99. The van der Waals surface area contributed by atoms with E-state index >= 15 is 0 Å². The molecule has 10 heteroatoms. The maximum atomic E-state index is 13.8. The van der Waals surface area contributed by atoms with Crippen LogP contribution in [0.4, 0.5) is 25.0 Å². The van der Waals surface area contributed by atoms with Crippen molar-refractivity contribution in [1.82, 2.24) is 9.88 Å². The summed E-state index contributed by atoms with van der Waals surface area (Å²) in [5.74, 6) is -1.27. The van der Waals surface area contributed by atoms with Crippen LogP contribution in [0.3, 0.4) is 0 Å². The van der Waals surface area contributed by atoms with E-state index in [1.807, 2.05) is 0 Å². The van der Waals surface area contributed by atoms with Gasteiger partial charge in [0.25, 0.3) is 0 Å². The molecule has 2 aromatic rings. The number of anilines is 2. The third-order valence-corrected chi connectivity index (χ3v) is 5.70. The maximum absolute atomic E-state index is 13.8. The number of thioether (sulfide) groups is 1. The molecule has 0 fully saturated rings. The van der Waals surface area contributed by atoms with E-state index in [2.05, 4.69) is 10.3 Å². The van der Waals surface area contributed by atoms with Gasteiger partial charge in [-0.05, 0) is 44.5 Å². The smallest absolute Gasteiger partial charge is 0.410 e. The number of fused-ring (bicyclic) bond motifs is 1. The number of likely N-dealkylation sites (N-methyl/N-ethyl adjacent to an activating group) is 2. The monoisotopic (exact) mass is 464 g/mol. The van der Waals surface area contributed by atoms with E-state index in [-0.39, 0.29) is 12.0 Å². The third-order valence-electron chi connectivity index (χ3n) is 4.81. The van der Waals surface area contributed by atoms with Gasteiger partial charge in [0.2, 0.25) is 5.91 Å². The van der Waals surface area contributed by atoms with E-state index in [4.69, 9.17) is 4.74 Å². The lowest BCUT2D eigenvalue weighted by molar-refractivity contribution is -0.123. The first kappa shape index (κ1) is 23.8. The maximum Gasteiger partial charge on any atom is 0.410 e. The van der Waals surface area contributed by atoms with Gasteiger partial charge >= 0.3 is 6.09 Å². The van der Waals surface area contributed by atoms with Crippen molar-refractivity contribution in [3.8, 4) is 0 Å². The molecule has 0 spiro atoms. The molecule has 1 aromatic carbocycles. The van der Waals surface area contributed by atoms with Crippen molar-refractivity contribution in [1.29, 1.82) is 0 Å². The zero-order valence-electron chi connectivity index (χ0n) is 18.6. The van der Waals surface area contributed by atoms with Crippen LogP contribution in [0.15, 0.2) is 35.5 Å². The van der Waals surface area contributed by atoms with Gasteiger partial charge < -0.3 is 15.0 Å². The van der Waals surface area contributed by atoms with Crippen LogP contribution in [0, 0.1) is 11.6 Å². The summed E-state index contributed by atoms with van der Waals surface area (Å²) in [5, 5.41) is 4.02. The number of carbonyl (C=O) groups excluding carboxylic acids is 2. The molecule has 172 valence electrons. The molecule has 7 nitrogen and oxygen atoms in total. The Hall–Kier alpha value is -2.88. The number of ether oxygens (including phenoxy) is 1. The molecule has 1 aromatic heterocycles. The number of benzene rings is 1. The number of aromatic nitrogens is 1. The van der Waals surface area contributed by atoms with Crippen LogP contribution in [0.25, 0.3) is 0 Å². The Morgan fingerprint density at radius 1 is 1.19 bits per heavy atom. The van der Waals surface area contributed by atoms with Crippen molar-refractivity contribution in [3.63, 3.8) is 0 Å². The van der Waals surface area contributed by atoms with Gasteiger partial charge in [0.05, 0.1) is 23.4 Å². The zero-order chi connectivity index (χ0) is 23.6. The van der Waals surface area contributed by atoms with Crippen LogP contribution in [0.2, 0.25) is 0 Å². The lowest BCUT2D eigenvalue weighted by Crippen LogP contribution is -2.50. The molecule has 0 radical (unpaired) electrons. The topological polar surface area (TPSA) is 74.8 Å². The summed E-state index contributed by atoms with van der Waals surface area (Å²) in [6.45, 7) is 5.14. The SMILES string of the molecule is CN(C(=O)C(Cc1cc(F)cc(F)c1)N(C)C(=O)OC(C)(C)C)c1cnc2c(c1)NCS2. The Labute approximate surface area is 190 Å². The summed E-state index contributed by atoms with van der Waals surface area (Å²) in [4.78, 5) is 33.1. The Morgan fingerprint density at radius 3 is 2.47 bits per heavy atom. The standard InChI is InChI=1S/C22H26F2N4O3S/c1-22(2,3)31-21(30)28(5)18(8-13-6-14(23)9-15(24)7-13)20(29)27(4)16-10-17-19(25-11-16)32-12-26-17/h6-7,9-11,18,26H,8,12H2,1-5H3. The van der Waals surface area contributed by atoms with Crippen LogP contribution in [-0.2, 0) is 16.0 Å². The molecule has 2 amide bonds. The summed E-state index contributed by atoms with van der Waals surface area (Å²) in [5.41, 5.74) is 0.811. The van der Waals surface area contributed by atoms with Gasteiger partial charge in [0.15, 0.2) is 0 Å². The fraction of sp³-hybridized carbons (Fsp3) is 0.409. The average molecular weight is 465 g/mol. The van der Waals surface area contributed by atoms with Crippen molar-refractivity contribution in [2.24, 2.45) is 0 Å². The Balaban J connectivity index is 1.90. The molecule has 1 unspecified atom stereocenters. The number of hydrogen-bond acceptors (Lipinski definition) is 6. The molecule has 32 heavy (non-hydrogen) atoms. The van der Waals surface area contributed by atoms with Gasteiger partial charge in [-0.15, -0.1) is 0 Å². The van der Waals surface area contributed by atoms with Crippen molar-refractivity contribution in [2.45, 2.75) is 43.9 Å². The first-order valence-corrected chi connectivity index (χ1v) is 11.0. The molecular weight excluding hydrogens is 438 g/mol. The second kappa shape index (κ2) is 9.32. The van der Waals surface area contributed by atoms with Gasteiger partial charge in [0.1, 0.15) is 28.3 Å². The lowest BCUT2D eigenvalue weighted by atomic mass is 10.0.